The Bertz CT molecular complexity index is 1040. The molecule has 4 nitrogen and oxygen atoms in total. The summed E-state index contributed by atoms with van der Waals surface area (Å²) in [6.45, 7) is 3.95. The Balaban J connectivity index is 1.97. The molecule has 0 fully saturated rings. The fraction of sp³-hybridized carbons (Fsp3) is 0.286. The highest BCUT2D eigenvalue weighted by Gasteiger charge is 2.31. The molecule has 0 heterocycles. The molecule has 0 aliphatic rings. The topological polar surface area (TPSA) is 49.4 Å². The van der Waals surface area contributed by atoms with Gasteiger partial charge in [-0.05, 0) is 30.5 Å². The average molecular weight is 447 g/mol. The number of carbonyl (C=O) groups excluding carboxylic acids is 2. The van der Waals surface area contributed by atoms with Gasteiger partial charge in [-0.1, -0.05) is 85.8 Å². The summed E-state index contributed by atoms with van der Waals surface area (Å²) < 4.78 is 14.6. The lowest BCUT2D eigenvalue weighted by atomic mass is 10.0. The lowest BCUT2D eigenvalue weighted by Gasteiger charge is -2.32. The molecule has 2 atom stereocenters. The normalized spacial score (nSPS) is 12.6. The number of rotatable bonds is 10. The molecule has 3 aromatic carbocycles. The highest BCUT2D eigenvalue weighted by molar-refractivity contribution is 5.89. The third-order valence-corrected chi connectivity index (χ3v) is 5.77. The average Bonchev–Trinajstić information content (AvgIpc) is 2.83. The Labute approximate surface area is 195 Å². The highest BCUT2D eigenvalue weighted by Crippen LogP contribution is 2.18. The first-order valence-electron chi connectivity index (χ1n) is 11.4. The van der Waals surface area contributed by atoms with E-state index < -0.39 is 11.9 Å². The minimum Gasteiger partial charge on any atom is -0.352 e. The molecule has 0 aliphatic carbocycles. The summed E-state index contributed by atoms with van der Waals surface area (Å²) in [6.07, 6.45) is 1.25. The molecule has 0 unspecified atom stereocenters. The van der Waals surface area contributed by atoms with Crippen LogP contribution >= 0.6 is 0 Å². The van der Waals surface area contributed by atoms with Gasteiger partial charge in [-0.15, -0.1) is 0 Å². The van der Waals surface area contributed by atoms with E-state index in [0.717, 1.165) is 17.5 Å². The summed E-state index contributed by atoms with van der Waals surface area (Å²) in [5, 5.41) is 3.02. The van der Waals surface area contributed by atoms with E-state index in [9.17, 15) is 14.0 Å². The molecule has 0 bridgehead atoms. The quantitative estimate of drug-likeness (QED) is 0.480. The Morgan fingerprint density at radius 1 is 0.879 bits per heavy atom. The van der Waals surface area contributed by atoms with Crippen molar-refractivity contribution in [3.05, 3.63) is 107 Å². The molecule has 0 aromatic heterocycles. The van der Waals surface area contributed by atoms with Crippen LogP contribution in [-0.2, 0) is 29.0 Å². The van der Waals surface area contributed by atoms with E-state index in [1.165, 1.54) is 11.0 Å². The van der Waals surface area contributed by atoms with Crippen LogP contribution < -0.4 is 5.32 Å². The minimum atomic E-state index is -0.766. The molecule has 3 aromatic rings. The van der Waals surface area contributed by atoms with E-state index in [0.29, 0.717) is 12.0 Å². The van der Waals surface area contributed by atoms with E-state index in [1.54, 1.807) is 18.2 Å². The van der Waals surface area contributed by atoms with Crippen LogP contribution in [0.2, 0.25) is 0 Å². The standard InChI is InChI=1S/C28H31FN2O2/c1-3-21(2)30-28(33)26(18-22-12-6-4-7-13-22)31(20-24-16-10-11-17-25(24)29)27(32)19-23-14-8-5-9-15-23/h4-17,21,26H,3,18-20H2,1-2H3,(H,30,33)/t21-,26-/m0/s1. The van der Waals surface area contributed by atoms with E-state index in [-0.39, 0.29) is 30.8 Å². The van der Waals surface area contributed by atoms with Crippen LogP contribution in [0.5, 0.6) is 0 Å². The van der Waals surface area contributed by atoms with Crippen molar-refractivity contribution in [2.45, 2.75) is 51.7 Å². The third kappa shape index (κ3) is 7.01. The molecule has 172 valence electrons. The molecule has 0 saturated heterocycles. The summed E-state index contributed by atoms with van der Waals surface area (Å²) in [5.74, 6) is -0.841. The van der Waals surface area contributed by atoms with Gasteiger partial charge in [0.2, 0.25) is 11.8 Å². The number of benzene rings is 3. The number of hydrogen-bond donors (Lipinski definition) is 1. The van der Waals surface area contributed by atoms with Crippen molar-refractivity contribution in [3.63, 3.8) is 0 Å². The minimum absolute atomic E-state index is 0.0176. The van der Waals surface area contributed by atoms with E-state index >= 15 is 0 Å². The molecule has 3 rings (SSSR count). The van der Waals surface area contributed by atoms with Crippen molar-refractivity contribution in [2.24, 2.45) is 0 Å². The molecule has 2 amide bonds. The summed E-state index contributed by atoms with van der Waals surface area (Å²) in [5.41, 5.74) is 2.17. The van der Waals surface area contributed by atoms with Gasteiger partial charge in [-0.25, -0.2) is 4.39 Å². The Morgan fingerprint density at radius 2 is 1.45 bits per heavy atom. The molecule has 0 saturated carbocycles. The number of halogens is 1. The van der Waals surface area contributed by atoms with Gasteiger partial charge in [0, 0.05) is 24.6 Å². The summed E-state index contributed by atoms with van der Waals surface area (Å²) >= 11 is 0. The second-order valence-corrected chi connectivity index (χ2v) is 8.30. The molecular formula is C28H31FN2O2. The van der Waals surface area contributed by atoms with Gasteiger partial charge in [0.05, 0.1) is 6.42 Å². The number of hydrogen-bond acceptors (Lipinski definition) is 2. The number of nitrogens with one attached hydrogen (secondary N) is 1. The van der Waals surface area contributed by atoms with Crippen molar-refractivity contribution < 1.29 is 14.0 Å². The maximum absolute atomic E-state index is 14.6. The Morgan fingerprint density at radius 3 is 2.06 bits per heavy atom. The molecule has 0 aliphatic heterocycles. The van der Waals surface area contributed by atoms with Gasteiger partial charge in [-0.2, -0.15) is 0 Å². The van der Waals surface area contributed by atoms with Crippen LogP contribution in [0.3, 0.4) is 0 Å². The Hall–Kier alpha value is -3.47. The SMILES string of the molecule is CC[C@H](C)NC(=O)[C@H](Cc1ccccc1)N(Cc1ccccc1F)C(=O)Cc1ccccc1. The fourth-order valence-electron chi connectivity index (χ4n) is 3.68. The van der Waals surface area contributed by atoms with Gasteiger partial charge in [-0.3, -0.25) is 9.59 Å². The maximum atomic E-state index is 14.6. The van der Waals surface area contributed by atoms with Crippen LogP contribution in [0.15, 0.2) is 84.9 Å². The smallest absolute Gasteiger partial charge is 0.243 e. The first-order chi connectivity index (χ1) is 16.0. The fourth-order valence-corrected chi connectivity index (χ4v) is 3.68. The number of nitrogens with zero attached hydrogens (tertiary/aromatic N) is 1. The largest absolute Gasteiger partial charge is 0.352 e. The number of carbonyl (C=O) groups is 2. The zero-order valence-corrected chi connectivity index (χ0v) is 19.2. The van der Waals surface area contributed by atoms with Crippen molar-refractivity contribution in [1.29, 1.82) is 0 Å². The van der Waals surface area contributed by atoms with Gasteiger partial charge in [0.15, 0.2) is 0 Å². The lowest BCUT2D eigenvalue weighted by molar-refractivity contribution is -0.141. The van der Waals surface area contributed by atoms with Crippen molar-refractivity contribution in [2.75, 3.05) is 0 Å². The highest BCUT2D eigenvalue weighted by atomic mass is 19.1. The molecular weight excluding hydrogens is 415 g/mol. The predicted molar refractivity (Wildman–Crippen MR) is 129 cm³/mol. The molecule has 0 spiro atoms. The van der Waals surface area contributed by atoms with Crippen LogP contribution in [0.1, 0.15) is 37.0 Å². The zero-order valence-electron chi connectivity index (χ0n) is 19.2. The van der Waals surface area contributed by atoms with Gasteiger partial charge < -0.3 is 10.2 Å². The van der Waals surface area contributed by atoms with Crippen LogP contribution in [0.25, 0.3) is 0 Å². The summed E-state index contributed by atoms with van der Waals surface area (Å²) in [7, 11) is 0. The van der Waals surface area contributed by atoms with Crippen LogP contribution in [0.4, 0.5) is 4.39 Å². The van der Waals surface area contributed by atoms with Gasteiger partial charge in [0.1, 0.15) is 11.9 Å². The Kier molecular flexibility index (Phi) is 8.76. The second-order valence-electron chi connectivity index (χ2n) is 8.30. The summed E-state index contributed by atoms with van der Waals surface area (Å²) in [6, 6.07) is 24.6. The lowest BCUT2D eigenvalue weighted by Crippen LogP contribution is -2.52. The maximum Gasteiger partial charge on any atom is 0.243 e. The summed E-state index contributed by atoms with van der Waals surface area (Å²) in [4.78, 5) is 28.5. The first kappa shape index (κ1) is 24.2. The van der Waals surface area contributed by atoms with Gasteiger partial charge >= 0.3 is 0 Å². The molecule has 1 N–H and O–H groups in total. The van der Waals surface area contributed by atoms with E-state index in [2.05, 4.69) is 5.32 Å². The zero-order chi connectivity index (χ0) is 23.6. The van der Waals surface area contributed by atoms with Crippen LogP contribution in [-0.4, -0.2) is 28.8 Å². The van der Waals surface area contributed by atoms with Crippen molar-refractivity contribution >= 4 is 11.8 Å². The predicted octanol–water partition coefficient (Wildman–Crippen LogP) is 4.92. The second kappa shape index (κ2) is 12.0. The molecule has 5 heteroatoms. The monoisotopic (exact) mass is 446 g/mol. The van der Waals surface area contributed by atoms with E-state index in [1.807, 2.05) is 74.5 Å². The molecule has 33 heavy (non-hydrogen) atoms. The molecule has 0 radical (unpaired) electrons. The van der Waals surface area contributed by atoms with E-state index in [4.69, 9.17) is 0 Å². The van der Waals surface area contributed by atoms with Crippen LogP contribution in [0, 0.1) is 5.82 Å². The van der Waals surface area contributed by atoms with Crippen molar-refractivity contribution in [3.8, 4) is 0 Å². The van der Waals surface area contributed by atoms with Gasteiger partial charge in [0.25, 0.3) is 0 Å². The first-order valence-corrected chi connectivity index (χ1v) is 11.4. The van der Waals surface area contributed by atoms with Crippen molar-refractivity contribution in [1.82, 2.24) is 10.2 Å². The number of amides is 2. The third-order valence-electron chi connectivity index (χ3n) is 5.77.